The Bertz CT molecular complexity index is 220. The minimum atomic E-state index is -1.41. The molecule has 1 rings (SSSR count). The van der Waals surface area contributed by atoms with E-state index in [4.69, 9.17) is 5.73 Å². The van der Waals surface area contributed by atoms with E-state index in [-0.39, 0.29) is 6.54 Å². The summed E-state index contributed by atoms with van der Waals surface area (Å²) < 4.78 is 0. The number of aliphatic hydroxyl groups is 2. The topological polar surface area (TPSA) is 86.8 Å². The van der Waals surface area contributed by atoms with Crippen molar-refractivity contribution in [2.45, 2.75) is 31.5 Å². The number of hydrogen-bond donors (Lipinski definition) is 3. The summed E-state index contributed by atoms with van der Waals surface area (Å²) in [5, 5.41) is 19.0. The third kappa shape index (κ3) is 2.67. The maximum Gasteiger partial charge on any atom is 0.250 e. The maximum atomic E-state index is 11.0. The molecule has 82 valence electrons. The van der Waals surface area contributed by atoms with Crippen LogP contribution >= 0.6 is 0 Å². The standard InChI is InChI=1S/C9H18N2O3/c1-7(12)5-11-4-2-3-9(14,6-11)8(10)13/h7,12,14H,2-6H2,1H3,(H2,10,13)/t7-,9?/m1/s1. The quantitative estimate of drug-likeness (QED) is 0.530. The zero-order chi connectivity index (χ0) is 10.8. The second kappa shape index (κ2) is 4.25. The molecule has 1 aliphatic heterocycles. The van der Waals surface area contributed by atoms with Crippen molar-refractivity contribution in [3.8, 4) is 0 Å². The van der Waals surface area contributed by atoms with Gasteiger partial charge in [0.25, 0.3) is 5.91 Å². The van der Waals surface area contributed by atoms with Crippen LogP contribution in [0.3, 0.4) is 0 Å². The second-order valence-electron chi connectivity index (χ2n) is 4.08. The van der Waals surface area contributed by atoms with Crippen molar-refractivity contribution in [1.29, 1.82) is 0 Å². The summed E-state index contributed by atoms with van der Waals surface area (Å²) >= 11 is 0. The first-order valence-corrected chi connectivity index (χ1v) is 4.87. The monoisotopic (exact) mass is 202 g/mol. The molecule has 1 amide bonds. The molecule has 0 aliphatic carbocycles. The molecule has 2 atom stereocenters. The Hall–Kier alpha value is -0.650. The molecule has 1 saturated heterocycles. The van der Waals surface area contributed by atoms with Crippen LogP contribution in [-0.2, 0) is 4.79 Å². The summed E-state index contributed by atoms with van der Waals surface area (Å²) in [4.78, 5) is 12.9. The van der Waals surface area contributed by atoms with Gasteiger partial charge in [0, 0.05) is 13.1 Å². The van der Waals surface area contributed by atoms with Crippen molar-refractivity contribution in [2.24, 2.45) is 5.73 Å². The number of carbonyl (C=O) groups excluding carboxylic acids is 1. The van der Waals surface area contributed by atoms with Crippen LogP contribution < -0.4 is 5.73 Å². The number of nitrogens with two attached hydrogens (primary N) is 1. The Morgan fingerprint density at radius 3 is 2.86 bits per heavy atom. The predicted octanol–water partition coefficient (Wildman–Crippen LogP) is -1.32. The van der Waals surface area contributed by atoms with Gasteiger partial charge in [0.15, 0.2) is 5.60 Å². The predicted molar refractivity (Wildman–Crippen MR) is 51.5 cm³/mol. The molecule has 0 saturated carbocycles. The third-order valence-corrected chi connectivity index (χ3v) is 2.53. The summed E-state index contributed by atoms with van der Waals surface area (Å²) in [5.74, 6) is -0.673. The van der Waals surface area contributed by atoms with Crippen LogP contribution in [-0.4, -0.2) is 52.4 Å². The van der Waals surface area contributed by atoms with Crippen LogP contribution in [0.25, 0.3) is 0 Å². The summed E-state index contributed by atoms with van der Waals surface area (Å²) in [6, 6.07) is 0. The molecular weight excluding hydrogens is 184 g/mol. The van der Waals surface area contributed by atoms with Gasteiger partial charge in [-0.2, -0.15) is 0 Å². The molecule has 1 heterocycles. The van der Waals surface area contributed by atoms with Crippen LogP contribution in [0.15, 0.2) is 0 Å². The molecule has 1 unspecified atom stereocenters. The molecule has 0 radical (unpaired) electrons. The van der Waals surface area contributed by atoms with Gasteiger partial charge in [0.2, 0.25) is 0 Å². The number of rotatable bonds is 3. The van der Waals surface area contributed by atoms with E-state index >= 15 is 0 Å². The number of amides is 1. The van der Waals surface area contributed by atoms with E-state index in [9.17, 15) is 15.0 Å². The van der Waals surface area contributed by atoms with Crippen molar-refractivity contribution in [3.63, 3.8) is 0 Å². The number of β-amino-alcohol motifs (C(OH)–C–C–N with tert-alkyl or cyclic N) is 2. The Morgan fingerprint density at radius 2 is 2.36 bits per heavy atom. The SMILES string of the molecule is C[C@@H](O)CN1CCCC(O)(C(N)=O)C1. The van der Waals surface area contributed by atoms with Gasteiger partial charge in [-0.05, 0) is 26.3 Å². The average molecular weight is 202 g/mol. The fourth-order valence-corrected chi connectivity index (χ4v) is 1.85. The lowest BCUT2D eigenvalue weighted by atomic mass is 9.92. The van der Waals surface area contributed by atoms with E-state index in [2.05, 4.69) is 0 Å². The fraction of sp³-hybridized carbons (Fsp3) is 0.889. The zero-order valence-electron chi connectivity index (χ0n) is 8.44. The first-order valence-electron chi connectivity index (χ1n) is 4.87. The lowest BCUT2D eigenvalue weighted by Gasteiger charge is -2.37. The van der Waals surface area contributed by atoms with Crippen LogP contribution in [0.4, 0.5) is 0 Å². The van der Waals surface area contributed by atoms with Gasteiger partial charge in [0.05, 0.1) is 6.10 Å². The van der Waals surface area contributed by atoms with Crippen LogP contribution in [0.1, 0.15) is 19.8 Å². The van der Waals surface area contributed by atoms with Gasteiger partial charge in [-0.25, -0.2) is 0 Å². The van der Waals surface area contributed by atoms with E-state index in [0.717, 1.165) is 13.0 Å². The second-order valence-corrected chi connectivity index (χ2v) is 4.08. The molecule has 5 nitrogen and oxygen atoms in total. The number of nitrogens with zero attached hydrogens (tertiary/aromatic N) is 1. The average Bonchev–Trinajstić information content (AvgIpc) is 2.02. The Labute approximate surface area is 83.5 Å². The molecule has 0 bridgehead atoms. The molecule has 14 heavy (non-hydrogen) atoms. The molecule has 0 spiro atoms. The van der Waals surface area contributed by atoms with E-state index in [0.29, 0.717) is 13.0 Å². The summed E-state index contributed by atoms with van der Waals surface area (Å²) in [6.07, 6.45) is 0.690. The normalized spacial score (nSPS) is 31.4. The van der Waals surface area contributed by atoms with Gasteiger partial charge in [-0.15, -0.1) is 0 Å². The lowest BCUT2D eigenvalue weighted by molar-refractivity contribution is -0.142. The van der Waals surface area contributed by atoms with Crippen molar-refractivity contribution in [2.75, 3.05) is 19.6 Å². The van der Waals surface area contributed by atoms with Gasteiger partial charge in [-0.1, -0.05) is 0 Å². The third-order valence-electron chi connectivity index (χ3n) is 2.53. The molecule has 1 aliphatic rings. The van der Waals surface area contributed by atoms with Crippen molar-refractivity contribution in [3.05, 3.63) is 0 Å². The highest BCUT2D eigenvalue weighted by molar-refractivity contribution is 5.83. The smallest absolute Gasteiger partial charge is 0.250 e. The molecule has 4 N–H and O–H groups in total. The molecule has 5 heteroatoms. The van der Waals surface area contributed by atoms with E-state index < -0.39 is 17.6 Å². The van der Waals surface area contributed by atoms with Gasteiger partial charge in [0.1, 0.15) is 0 Å². The van der Waals surface area contributed by atoms with Crippen LogP contribution in [0.2, 0.25) is 0 Å². The highest BCUT2D eigenvalue weighted by Crippen LogP contribution is 2.20. The first-order chi connectivity index (χ1) is 6.44. The number of carbonyl (C=O) groups is 1. The molecule has 0 aromatic carbocycles. The number of primary amides is 1. The Kier molecular flexibility index (Phi) is 3.47. The summed E-state index contributed by atoms with van der Waals surface area (Å²) in [5.41, 5.74) is 3.71. The highest BCUT2D eigenvalue weighted by Gasteiger charge is 2.38. The van der Waals surface area contributed by atoms with E-state index in [1.54, 1.807) is 6.92 Å². The number of hydrogen-bond acceptors (Lipinski definition) is 4. The number of likely N-dealkylation sites (tertiary alicyclic amines) is 1. The van der Waals surface area contributed by atoms with E-state index in [1.807, 2.05) is 4.90 Å². The highest BCUT2D eigenvalue weighted by atomic mass is 16.3. The van der Waals surface area contributed by atoms with E-state index in [1.165, 1.54) is 0 Å². The van der Waals surface area contributed by atoms with Gasteiger partial charge in [-0.3, -0.25) is 9.69 Å². The molecule has 0 aromatic heterocycles. The minimum Gasteiger partial charge on any atom is -0.392 e. The van der Waals surface area contributed by atoms with Crippen molar-refractivity contribution in [1.82, 2.24) is 4.90 Å². The summed E-state index contributed by atoms with van der Waals surface area (Å²) in [7, 11) is 0. The fourth-order valence-electron chi connectivity index (χ4n) is 1.85. The maximum absolute atomic E-state index is 11.0. The zero-order valence-corrected chi connectivity index (χ0v) is 8.44. The van der Waals surface area contributed by atoms with Crippen molar-refractivity contribution >= 4 is 5.91 Å². The number of aliphatic hydroxyl groups excluding tert-OH is 1. The first kappa shape index (κ1) is 11.4. The van der Waals surface area contributed by atoms with Gasteiger partial charge >= 0.3 is 0 Å². The number of piperidine rings is 1. The van der Waals surface area contributed by atoms with Crippen LogP contribution in [0, 0.1) is 0 Å². The molecule has 0 aromatic rings. The minimum absolute atomic E-state index is 0.229. The largest absolute Gasteiger partial charge is 0.392 e. The molecular formula is C9H18N2O3. The lowest BCUT2D eigenvalue weighted by Crippen LogP contribution is -2.56. The molecule has 1 fully saturated rings. The Morgan fingerprint density at radius 1 is 1.71 bits per heavy atom. The van der Waals surface area contributed by atoms with Crippen molar-refractivity contribution < 1.29 is 15.0 Å². The Balaban J connectivity index is 2.55. The summed E-state index contributed by atoms with van der Waals surface area (Å²) in [6.45, 7) is 3.17. The van der Waals surface area contributed by atoms with Crippen LogP contribution in [0.5, 0.6) is 0 Å². The van der Waals surface area contributed by atoms with Gasteiger partial charge < -0.3 is 15.9 Å².